The summed E-state index contributed by atoms with van der Waals surface area (Å²) in [7, 11) is -3.72. The number of carbonyl (C=O) groups is 1. The molecular weight excluding hydrogens is 456 g/mol. The van der Waals surface area contributed by atoms with Gasteiger partial charge in [0, 0.05) is 28.3 Å². The van der Waals surface area contributed by atoms with E-state index in [-0.39, 0.29) is 17.3 Å². The zero-order valence-corrected chi connectivity index (χ0v) is 17.5. The normalized spacial score (nSPS) is 14.9. The highest BCUT2D eigenvalue weighted by Crippen LogP contribution is 2.31. The van der Waals surface area contributed by atoms with Crippen LogP contribution in [0.1, 0.15) is 12.8 Å². The molecule has 0 spiro atoms. The lowest BCUT2D eigenvalue weighted by atomic mass is 10.3. The monoisotopic (exact) mass is 472 g/mol. The molecule has 9 heteroatoms. The van der Waals surface area contributed by atoms with Crippen molar-refractivity contribution in [2.75, 3.05) is 25.0 Å². The number of halogens is 2. The highest BCUT2D eigenvalue weighted by molar-refractivity contribution is 9.10. The van der Waals surface area contributed by atoms with E-state index in [9.17, 15) is 13.2 Å². The Morgan fingerprint density at radius 1 is 1.19 bits per heavy atom. The second-order valence-electron chi connectivity index (χ2n) is 6.05. The first-order chi connectivity index (χ1) is 12.9. The van der Waals surface area contributed by atoms with E-state index in [2.05, 4.69) is 21.2 Å². The minimum Gasteiger partial charge on any atom is -0.482 e. The van der Waals surface area contributed by atoms with E-state index < -0.39 is 15.9 Å². The lowest BCUT2D eigenvalue weighted by Crippen LogP contribution is -2.28. The first-order valence-corrected chi connectivity index (χ1v) is 11.0. The Morgan fingerprint density at radius 3 is 2.63 bits per heavy atom. The number of nitrogens with one attached hydrogen (secondary N) is 1. The minimum absolute atomic E-state index is 0.0212. The molecule has 144 valence electrons. The van der Waals surface area contributed by atoms with E-state index in [1.165, 1.54) is 22.5 Å². The molecule has 1 saturated heterocycles. The van der Waals surface area contributed by atoms with Crippen molar-refractivity contribution >= 4 is 49.1 Å². The summed E-state index contributed by atoms with van der Waals surface area (Å²) in [6.07, 6.45) is 1.65. The summed E-state index contributed by atoms with van der Waals surface area (Å²) in [5, 5.41) is 2.99. The third-order valence-corrected chi connectivity index (χ3v) is 6.70. The standard InChI is InChI=1S/C18H18BrClN2O4S/c19-13-4-3-5-15(10-13)21-18(23)12-26-16-7-6-14(20)11-17(16)27(24,25)22-8-1-2-9-22/h3-7,10-11H,1-2,8-9,12H2,(H,21,23). The van der Waals surface area contributed by atoms with E-state index in [0.717, 1.165) is 17.3 Å². The minimum atomic E-state index is -3.72. The SMILES string of the molecule is O=C(COc1ccc(Cl)cc1S(=O)(=O)N1CCCC1)Nc1cccc(Br)c1. The molecule has 27 heavy (non-hydrogen) atoms. The van der Waals surface area contributed by atoms with Crippen LogP contribution in [-0.2, 0) is 14.8 Å². The lowest BCUT2D eigenvalue weighted by Gasteiger charge is -2.18. The highest BCUT2D eigenvalue weighted by atomic mass is 79.9. The summed E-state index contributed by atoms with van der Waals surface area (Å²) >= 11 is 9.32. The fourth-order valence-electron chi connectivity index (χ4n) is 2.78. The number of hydrogen-bond acceptors (Lipinski definition) is 4. The van der Waals surface area contributed by atoms with Crippen LogP contribution in [0.25, 0.3) is 0 Å². The second kappa shape index (κ2) is 8.60. The molecule has 0 bridgehead atoms. The van der Waals surface area contributed by atoms with Gasteiger partial charge in [0.25, 0.3) is 5.91 Å². The molecule has 1 aliphatic rings. The number of amides is 1. The van der Waals surface area contributed by atoms with Gasteiger partial charge in [0.15, 0.2) is 6.61 Å². The zero-order valence-electron chi connectivity index (χ0n) is 14.3. The molecule has 2 aromatic rings. The summed E-state index contributed by atoms with van der Waals surface area (Å²) in [5.41, 5.74) is 0.610. The summed E-state index contributed by atoms with van der Waals surface area (Å²) in [5.74, 6) is -0.289. The van der Waals surface area contributed by atoms with E-state index in [4.69, 9.17) is 16.3 Å². The number of carbonyl (C=O) groups excluding carboxylic acids is 1. The quantitative estimate of drug-likeness (QED) is 0.690. The average Bonchev–Trinajstić information content (AvgIpc) is 3.16. The molecule has 1 heterocycles. The maximum Gasteiger partial charge on any atom is 0.262 e. The molecule has 0 unspecified atom stereocenters. The van der Waals surface area contributed by atoms with E-state index in [1.54, 1.807) is 18.2 Å². The second-order valence-corrected chi connectivity index (χ2v) is 9.31. The molecule has 0 radical (unpaired) electrons. The van der Waals surface area contributed by atoms with E-state index >= 15 is 0 Å². The third-order valence-electron chi connectivity index (χ3n) is 4.06. The Balaban J connectivity index is 1.74. The molecule has 0 aromatic heterocycles. The van der Waals surface area contributed by atoms with Gasteiger partial charge in [-0.05, 0) is 49.2 Å². The van der Waals surface area contributed by atoms with Crippen LogP contribution < -0.4 is 10.1 Å². The van der Waals surface area contributed by atoms with Gasteiger partial charge in [0.1, 0.15) is 10.6 Å². The molecule has 2 aromatic carbocycles. The van der Waals surface area contributed by atoms with Crippen LogP contribution in [0.3, 0.4) is 0 Å². The molecule has 3 rings (SSSR count). The van der Waals surface area contributed by atoms with Crippen molar-refractivity contribution in [2.24, 2.45) is 0 Å². The number of anilines is 1. The molecular formula is C18H18BrClN2O4S. The first kappa shape index (κ1) is 20.1. The maximum atomic E-state index is 12.9. The Bertz CT molecular complexity index is 946. The Morgan fingerprint density at radius 2 is 1.93 bits per heavy atom. The van der Waals surface area contributed by atoms with Gasteiger partial charge in [0.2, 0.25) is 10.0 Å². The van der Waals surface area contributed by atoms with Gasteiger partial charge in [-0.25, -0.2) is 8.42 Å². The van der Waals surface area contributed by atoms with Crippen LogP contribution in [0.5, 0.6) is 5.75 Å². The van der Waals surface area contributed by atoms with Gasteiger partial charge in [0.05, 0.1) is 0 Å². The van der Waals surface area contributed by atoms with Crippen molar-refractivity contribution in [3.8, 4) is 5.75 Å². The summed E-state index contributed by atoms with van der Waals surface area (Å²) in [4.78, 5) is 12.1. The van der Waals surface area contributed by atoms with Crippen LogP contribution in [0.4, 0.5) is 5.69 Å². The van der Waals surface area contributed by atoms with Crippen LogP contribution in [0.15, 0.2) is 51.8 Å². The number of rotatable bonds is 6. The fraction of sp³-hybridized carbons (Fsp3) is 0.278. The molecule has 1 fully saturated rings. The Labute approximate surface area is 171 Å². The predicted octanol–water partition coefficient (Wildman–Crippen LogP) is 3.90. The van der Waals surface area contributed by atoms with Gasteiger partial charge in [-0.3, -0.25) is 4.79 Å². The smallest absolute Gasteiger partial charge is 0.262 e. The number of ether oxygens (including phenoxy) is 1. The summed E-state index contributed by atoms with van der Waals surface area (Å²) in [6.45, 7) is 0.617. The van der Waals surface area contributed by atoms with Crippen molar-refractivity contribution < 1.29 is 17.9 Å². The predicted molar refractivity (Wildman–Crippen MR) is 108 cm³/mol. The zero-order chi connectivity index (χ0) is 19.4. The topological polar surface area (TPSA) is 75.7 Å². The number of hydrogen-bond donors (Lipinski definition) is 1. The van der Waals surface area contributed by atoms with Crippen molar-refractivity contribution in [3.05, 3.63) is 52.0 Å². The van der Waals surface area contributed by atoms with Crippen molar-refractivity contribution in [1.29, 1.82) is 0 Å². The molecule has 1 N–H and O–H groups in total. The number of sulfonamides is 1. The molecule has 1 aliphatic heterocycles. The van der Waals surface area contributed by atoms with E-state index in [1.807, 2.05) is 6.07 Å². The molecule has 1 amide bonds. The van der Waals surface area contributed by atoms with Gasteiger partial charge < -0.3 is 10.1 Å². The lowest BCUT2D eigenvalue weighted by molar-refractivity contribution is -0.118. The Hall–Kier alpha value is -1.61. The summed E-state index contributed by atoms with van der Waals surface area (Å²) < 4.78 is 33.5. The molecule has 6 nitrogen and oxygen atoms in total. The average molecular weight is 474 g/mol. The summed E-state index contributed by atoms with van der Waals surface area (Å²) in [6, 6.07) is 11.5. The molecule has 0 saturated carbocycles. The van der Waals surface area contributed by atoms with Gasteiger partial charge in [-0.2, -0.15) is 4.31 Å². The van der Waals surface area contributed by atoms with Crippen molar-refractivity contribution in [3.63, 3.8) is 0 Å². The third kappa shape index (κ3) is 5.01. The fourth-order valence-corrected chi connectivity index (χ4v) is 5.09. The molecule has 0 atom stereocenters. The largest absolute Gasteiger partial charge is 0.482 e. The number of nitrogens with zero attached hydrogens (tertiary/aromatic N) is 1. The van der Waals surface area contributed by atoms with Crippen LogP contribution in [0.2, 0.25) is 5.02 Å². The van der Waals surface area contributed by atoms with Crippen LogP contribution in [0, 0.1) is 0 Å². The van der Waals surface area contributed by atoms with Crippen LogP contribution >= 0.6 is 27.5 Å². The van der Waals surface area contributed by atoms with Crippen molar-refractivity contribution in [2.45, 2.75) is 17.7 Å². The maximum absolute atomic E-state index is 12.9. The Kier molecular flexibility index (Phi) is 6.41. The van der Waals surface area contributed by atoms with E-state index in [0.29, 0.717) is 23.8 Å². The first-order valence-electron chi connectivity index (χ1n) is 8.34. The van der Waals surface area contributed by atoms with Gasteiger partial charge in [-0.1, -0.05) is 33.6 Å². The van der Waals surface area contributed by atoms with Crippen molar-refractivity contribution in [1.82, 2.24) is 4.31 Å². The van der Waals surface area contributed by atoms with Gasteiger partial charge in [-0.15, -0.1) is 0 Å². The van der Waals surface area contributed by atoms with Gasteiger partial charge >= 0.3 is 0 Å². The van der Waals surface area contributed by atoms with Crippen LogP contribution in [-0.4, -0.2) is 38.3 Å². The highest BCUT2D eigenvalue weighted by Gasteiger charge is 2.30. The molecule has 0 aliphatic carbocycles. The number of benzene rings is 2.